The maximum Gasteiger partial charge on any atom is 0.453 e. The molecule has 0 saturated heterocycles. The third kappa shape index (κ3) is 16.4. The molecule has 508 valence electrons. The normalized spacial score (nSPS) is 33.9. The average molecular weight is 1290 g/mol. The number of aliphatic hydroxyl groups is 2. The van der Waals surface area contributed by atoms with Crippen molar-refractivity contribution in [2.75, 3.05) is 11.5 Å². The Kier molecular flexibility index (Phi) is 24.6. The molecule has 2 aromatic carbocycles. The number of phenols is 2. The van der Waals surface area contributed by atoms with Gasteiger partial charge in [0.05, 0.1) is 12.2 Å². The molecule has 0 bridgehead atoms. The Balaban J connectivity index is 0.000000180. The van der Waals surface area contributed by atoms with Gasteiger partial charge in [0.2, 0.25) is 0 Å². The molecule has 0 radical (unpaired) electrons. The number of aliphatic hydroxyl groups excluding tert-OH is 2. The predicted molar refractivity (Wildman–Crippen MR) is 349 cm³/mol. The summed E-state index contributed by atoms with van der Waals surface area (Å²) in [6.45, 7) is 17.6. The molecule has 0 amide bonds. The Morgan fingerprint density at radius 1 is 0.700 bits per heavy atom. The van der Waals surface area contributed by atoms with Crippen molar-refractivity contribution in [3.05, 3.63) is 64.2 Å². The summed E-state index contributed by atoms with van der Waals surface area (Å²) in [5.74, 6) is 2.91. The van der Waals surface area contributed by atoms with Gasteiger partial charge >= 0.3 is 18.1 Å². The second-order valence-electron chi connectivity index (χ2n) is 30.9. The van der Waals surface area contributed by atoms with Crippen molar-refractivity contribution in [1.82, 2.24) is 0 Å². The third-order valence-electron chi connectivity index (χ3n) is 24.9. The molecule has 6 saturated carbocycles. The van der Waals surface area contributed by atoms with E-state index in [-0.39, 0.29) is 46.7 Å². The fourth-order valence-electron chi connectivity index (χ4n) is 19.6. The number of carboxylic acid groups (broad SMARTS) is 1. The first-order chi connectivity index (χ1) is 42.5. The Morgan fingerprint density at radius 3 is 2.01 bits per heavy atom. The summed E-state index contributed by atoms with van der Waals surface area (Å²) in [4.78, 5) is 21.2. The van der Waals surface area contributed by atoms with E-state index in [1.165, 1.54) is 73.6 Å². The smallest absolute Gasteiger partial charge is 0.453 e. The number of rotatable bonds is 19. The van der Waals surface area contributed by atoms with E-state index in [1.807, 2.05) is 18.2 Å². The van der Waals surface area contributed by atoms with Crippen LogP contribution in [0.5, 0.6) is 17.2 Å². The molecule has 16 atom stereocenters. The molecule has 1 heterocycles. The molecule has 9 nitrogen and oxygen atoms in total. The first-order valence-corrected chi connectivity index (χ1v) is 36.9. The SMILES string of the molecule is CCC(=O)O.CCCCCc1cc(O)c2c(c1)OC(C)(C)[C@@H]1CCC(C)=C[C@@H]21.C[C@]12CCC(=O)C[C@@H]1CC[C@@H]1[C@@H]2CC[C@]2(C)[C@@H](O)CC[C@@H]12.C[C@]12CC[C@@H]3c4ccc(O)cc4C[C@@H](CCCCCCCCC[S+]([O-])CCCC(F)(F)C(F)(F)F)[C@H]3[C@@H]1CC[C@@H]2O. The molecule has 8 aliphatic carbocycles. The first kappa shape index (κ1) is 72.4. The summed E-state index contributed by atoms with van der Waals surface area (Å²) in [6.07, 6.45) is 25.5. The number of alkyl halides is 5. The lowest BCUT2D eigenvalue weighted by atomic mass is 9.45. The van der Waals surface area contributed by atoms with Crippen molar-refractivity contribution in [3.8, 4) is 17.2 Å². The zero-order valence-corrected chi connectivity index (χ0v) is 56.7. The summed E-state index contributed by atoms with van der Waals surface area (Å²) in [7, 11) is 0. The first-order valence-electron chi connectivity index (χ1n) is 35.4. The number of aliphatic carboxylic acids is 1. The summed E-state index contributed by atoms with van der Waals surface area (Å²) in [6, 6.07) is 10.0. The fraction of sp³-hybridized carbons (Fsp3) is 0.787. The Bertz CT molecular complexity index is 2730. The second kappa shape index (κ2) is 30.6. The molecule has 1 unspecified atom stereocenters. The van der Waals surface area contributed by atoms with Gasteiger partial charge in [-0.2, -0.15) is 22.0 Å². The van der Waals surface area contributed by atoms with Gasteiger partial charge in [-0.05, 0) is 254 Å². The number of allylic oxidation sites excluding steroid dienone is 2. The summed E-state index contributed by atoms with van der Waals surface area (Å²) >= 11 is -1.35. The molecule has 0 aromatic heterocycles. The highest BCUT2D eigenvalue weighted by Crippen LogP contribution is 2.67. The minimum Gasteiger partial charge on any atom is -0.616 e. The second-order valence-corrected chi connectivity index (χ2v) is 32.5. The van der Waals surface area contributed by atoms with Crippen LogP contribution in [-0.4, -0.2) is 83.3 Å². The van der Waals surface area contributed by atoms with E-state index in [1.54, 1.807) is 6.92 Å². The summed E-state index contributed by atoms with van der Waals surface area (Å²) in [5, 5.41) is 49.8. The summed E-state index contributed by atoms with van der Waals surface area (Å²) < 4.78 is 80.9. The van der Waals surface area contributed by atoms with Gasteiger partial charge in [0.15, 0.2) is 0 Å². The van der Waals surface area contributed by atoms with Crippen LogP contribution in [0.25, 0.3) is 0 Å². The number of carboxylic acids is 1. The Morgan fingerprint density at radius 2 is 1.33 bits per heavy atom. The van der Waals surface area contributed by atoms with E-state index in [4.69, 9.17) is 9.84 Å². The van der Waals surface area contributed by atoms with Crippen LogP contribution in [0, 0.1) is 63.6 Å². The fourth-order valence-corrected chi connectivity index (χ4v) is 20.8. The average Bonchev–Trinajstić information content (AvgIpc) is 1.31. The number of hydrogen-bond donors (Lipinski definition) is 5. The van der Waals surface area contributed by atoms with Gasteiger partial charge in [0.25, 0.3) is 0 Å². The zero-order chi connectivity index (χ0) is 65.6. The lowest BCUT2D eigenvalue weighted by molar-refractivity contribution is -0.284. The van der Waals surface area contributed by atoms with Gasteiger partial charge in [-0.25, -0.2) is 0 Å². The number of ketones is 1. The van der Waals surface area contributed by atoms with Crippen molar-refractivity contribution < 1.29 is 66.4 Å². The van der Waals surface area contributed by atoms with E-state index in [0.29, 0.717) is 70.4 Å². The van der Waals surface area contributed by atoms with Crippen LogP contribution in [0.2, 0.25) is 0 Å². The molecule has 1 aliphatic heterocycles. The maximum absolute atomic E-state index is 13.0. The van der Waals surface area contributed by atoms with Gasteiger partial charge in [0.1, 0.15) is 40.1 Å². The van der Waals surface area contributed by atoms with Gasteiger partial charge in [0, 0.05) is 43.1 Å². The number of unbranched alkanes of at least 4 members (excludes halogenated alkanes) is 8. The van der Waals surface area contributed by atoms with Crippen LogP contribution in [0.15, 0.2) is 42.0 Å². The van der Waals surface area contributed by atoms with Crippen molar-refractivity contribution >= 4 is 22.9 Å². The number of hydrogen-bond acceptors (Lipinski definition) is 8. The van der Waals surface area contributed by atoms with Crippen LogP contribution in [0.4, 0.5) is 22.0 Å². The van der Waals surface area contributed by atoms with Crippen LogP contribution in [-0.2, 0) is 33.6 Å². The highest BCUT2D eigenvalue weighted by Gasteiger charge is 2.61. The number of fused-ring (bicyclic) bond motifs is 13. The summed E-state index contributed by atoms with van der Waals surface area (Å²) in [5.41, 5.74) is 6.78. The minimum atomic E-state index is -5.54. The van der Waals surface area contributed by atoms with Gasteiger partial charge < -0.3 is 34.8 Å². The monoisotopic (exact) mass is 1280 g/mol. The number of Topliss-reactive ketones (excluding diaryl/α,β-unsaturated/α-hetero) is 1. The van der Waals surface area contributed by atoms with Crippen molar-refractivity contribution in [2.45, 2.75) is 296 Å². The van der Waals surface area contributed by atoms with Gasteiger partial charge in [-0.15, -0.1) is 0 Å². The van der Waals surface area contributed by atoms with Gasteiger partial charge in [-0.1, -0.05) is 108 Å². The quantitative estimate of drug-likeness (QED) is 0.0398. The van der Waals surface area contributed by atoms with Gasteiger partial charge in [-0.3, -0.25) is 9.59 Å². The molecule has 90 heavy (non-hydrogen) atoms. The van der Waals surface area contributed by atoms with Crippen LogP contribution in [0.1, 0.15) is 276 Å². The molecule has 2 aromatic rings. The van der Waals surface area contributed by atoms with Crippen molar-refractivity contribution in [1.29, 1.82) is 0 Å². The van der Waals surface area contributed by atoms with Crippen LogP contribution in [0.3, 0.4) is 0 Å². The number of carbonyl (C=O) groups excluding carboxylic acids is 1. The van der Waals surface area contributed by atoms with Crippen molar-refractivity contribution in [3.63, 3.8) is 0 Å². The van der Waals surface area contributed by atoms with E-state index < -0.39 is 42.1 Å². The maximum atomic E-state index is 13.0. The molecule has 0 spiro atoms. The van der Waals surface area contributed by atoms with E-state index >= 15 is 0 Å². The number of halogens is 5. The number of phenolic OH excluding ortho intramolecular Hbond substituents is 2. The Hall–Kier alpha value is -3.40. The van der Waals surface area contributed by atoms with E-state index in [9.17, 15) is 56.5 Å². The van der Waals surface area contributed by atoms with E-state index in [0.717, 1.165) is 151 Å². The Labute approximate surface area is 539 Å². The standard InChI is InChI=1S/C32H47F5O3S.C21H30O2.C19H30O2.C3H6O2/c1-30-17-15-26-25-12-11-24(38)21-23(25)20-22(29(26)27(30)13-14-28(30)39)10-7-5-3-2-4-6-8-18-41(40)19-9-16-31(33,34)32(35,36)37;1-5-6-7-8-15-12-18(22)20-16-11-14(2)9-10-17(16)21(3,4)23-19(20)13-15;1-18-9-7-13(20)11-12(18)3-4-14-15-5-6-17(21)19(15,2)10-8-16(14)18;1-2-3(4)5/h11-12,21-22,26-29,38-39H,2-10,13-20H2,1H3;11-13,16-17,22H,5-10H2,1-4H3;12,14-17,21H,3-11H2,1-2H3;2H2,1H3,(H,4,5)/t22-,26-,27+,28+,29-,30+,41?;16-,17-;12-,14-,15-,16-,17-,18-,19-;/m110./s1. The largest absolute Gasteiger partial charge is 0.616 e. The molecule has 9 aliphatic rings. The highest BCUT2D eigenvalue weighted by atomic mass is 32.2. The molecular formula is C75H113F5O9S. The predicted octanol–water partition coefficient (Wildman–Crippen LogP) is 18.9. The van der Waals surface area contributed by atoms with Crippen molar-refractivity contribution in [2.24, 2.45) is 63.6 Å². The number of carbonyl (C=O) groups is 2. The highest BCUT2D eigenvalue weighted by molar-refractivity contribution is 7.91. The van der Waals surface area contributed by atoms with Crippen LogP contribution < -0.4 is 4.74 Å². The minimum absolute atomic E-state index is 0.0195. The number of benzene rings is 2. The molecule has 6 fully saturated rings. The molecular weight excluding hydrogens is 1170 g/mol. The zero-order valence-electron chi connectivity index (χ0n) is 55.9. The third-order valence-corrected chi connectivity index (χ3v) is 26.4. The number of ether oxygens (including phenoxy) is 1. The topological polar surface area (TPSA) is 168 Å². The number of aromatic hydroxyl groups is 2. The van der Waals surface area contributed by atoms with Crippen LogP contribution >= 0.6 is 0 Å². The number of aryl methyl sites for hydroxylation is 1. The van der Waals surface area contributed by atoms with E-state index in [2.05, 4.69) is 66.7 Å². The molecule has 15 heteroatoms. The molecule has 11 rings (SSSR count). The lowest BCUT2D eigenvalue weighted by Gasteiger charge is -2.60. The lowest BCUT2D eigenvalue weighted by Crippen LogP contribution is -2.54. The molecule has 5 N–H and O–H groups in total.